The van der Waals surface area contributed by atoms with Crippen molar-refractivity contribution in [1.29, 1.82) is 0 Å². The van der Waals surface area contributed by atoms with Gasteiger partial charge >= 0.3 is 0 Å². The van der Waals surface area contributed by atoms with Crippen LogP contribution in [0.5, 0.6) is 0 Å². The van der Waals surface area contributed by atoms with Crippen LogP contribution in [0.2, 0.25) is 0 Å². The van der Waals surface area contributed by atoms with Crippen LogP contribution >= 0.6 is 0 Å². The van der Waals surface area contributed by atoms with Gasteiger partial charge in [-0.25, -0.2) is 0 Å². The number of rotatable bonds is 3. The molecule has 1 atom stereocenters. The number of H-pyrrole nitrogens is 1. The predicted octanol–water partition coefficient (Wildman–Crippen LogP) is 3.77. The number of hydrogen-bond donors (Lipinski definition) is 1. The SMILES string of the molecule is c1ccc2c(-c3n[nH]c4c3CN(C[C@@H]3CCCO3)CC4)cccc2c1. The van der Waals surface area contributed by atoms with Crippen LogP contribution in [-0.2, 0) is 17.7 Å². The Balaban J connectivity index is 1.49. The normalized spacial score (nSPS) is 20.9. The summed E-state index contributed by atoms with van der Waals surface area (Å²) in [7, 11) is 0. The van der Waals surface area contributed by atoms with Gasteiger partial charge in [0.15, 0.2) is 0 Å². The fourth-order valence-corrected chi connectivity index (χ4v) is 4.24. The van der Waals surface area contributed by atoms with Crippen molar-refractivity contribution < 1.29 is 4.74 Å². The molecule has 4 heteroatoms. The molecule has 2 aliphatic rings. The lowest BCUT2D eigenvalue weighted by molar-refractivity contribution is 0.0687. The molecule has 1 fully saturated rings. The van der Waals surface area contributed by atoms with Gasteiger partial charge in [0.1, 0.15) is 0 Å². The number of aromatic amines is 1. The highest BCUT2D eigenvalue weighted by atomic mass is 16.5. The third-order valence-electron chi connectivity index (χ3n) is 5.54. The van der Waals surface area contributed by atoms with Crippen LogP contribution in [0, 0.1) is 0 Å². The zero-order valence-corrected chi connectivity index (χ0v) is 14.4. The minimum atomic E-state index is 0.412. The molecule has 5 rings (SSSR count). The highest BCUT2D eigenvalue weighted by Crippen LogP contribution is 2.33. The van der Waals surface area contributed by atoms with Gasteiger partial charge in [-0.15, -0.1) is 0 Å². The molecular weight excluding hydrogens is 310 g/mol. The summed E-state index contributed by atoms with van der Waals surface area (Å²) < 4.78 is 5.83. The summed E-state index contributed by atoms with van der Waals surface area (Å²) in [5.41, 5.74) is 5.01. The maximum atomic E-state index is 5.83. The van der Waals surface area contributed by atoms with Crippen LogP contribution in [0.3, 0.4) is 0 Å². The lowest BCUT2D eigenvalue weighted by Crippen LogP contribution is -2.36. The topological polar surface area (TPSA) is 41.2 Å². The van der Waals surface area contributed by atoms with Gasteiger partial charge in [0.2, 0.25) is 0 Å². The molecule has 0 bridgehead atoms. The fourth-order valence-electron chi connectivity index (χ4n) is 4.24. The number of aromatic nitrogens is 2. The number of ether oxygens (including phenoxy) is 1. The quantitative estimate of drug-likeness (QED) is 0.793. The molecule has 0 radical (unpaired) electrons. The van der Waals surface area contributed by atoms with Gasteiger partial charge in [0.05, 0.1) is 11.8 Å². The van der Waals surface area contributed by atoms with Crippen LogP contribution in [0.1, 0.15) is 24.1 Å². The molecule has 0 saturated carbocycles. The van der Waals surface area contributed by atoms with Crippen LogP contribution in [-0.4, -0.2) is 40.9 Å². The Kier molecular flexibility index (Phi) is 3.80. The van der Waals surface area contributed by atoms with Crippen molar-refractivity contribution in [1.82, 2.24) is 15.1 Å². The van der Waals surface area contributed by atoms with Crippen LogP contribution in [0.25, 0.3) is 22.0 Å². The van der Waals surface area contributed by atoms with Crippen molar-refractivity contribution in [3.63, 3.8) is 0 Å². The van der Waals surface area contributed by atoms with Crippen molar-refractivity contribution in [2.45, 2.75) is 31.9 Å². The zero-order valence-electron chi connectivity index (χ0n) is 14.4. The van der Waals surface area contributed by atoms with Crippen molar-refractivity contribution in [2.75, 3.05) is 19.7 Å². The van der Waals surface area contributed by atoms with Crippen molar-refractivity contribution in [3.8, 4) is 11.3 Å². The average Bonchev–Trinajstić information content (AvgIpc) is 3.31. The van der Waals surface area contributed by atoms with E-state index in [9.17, 15) is 0 Å². The molecule has 2 aromatic carbocycles. The average molecular weight is 333 g/mol. The van der Waals surface area contributed by atoms with Gasteiger partial charge in [-0.1, -0.05) is 42.5 Å². The molecule has 0 unspecified atom stereocenters. The Labute approximate surface area is 147 Å². The van der Waals surface area contributed by atoms with Crippen molar-refractivity contribution >= 4 is 10.8 Å². The lowest BCUT2D eigenvalue weighted by atomic mass is 9.96. The minimum Gasteiger partial charge on any atom is -0.377 e. The van der Waals surface area contributed by atoms with E-state index in [4.69, 9.17) is 9.84 Å². The number of nitrogens with zero attached hydrogens (tertiary/aromatic N) is 2. The van der Waals surface area contributed by atoms with E-state index in [0.717, 1.165) is 38.4 Å². The second-order valence-corrected chi connectivity index (χ2v) is 7.18. The fraction of sp³-hybridized carbons (Fsp3) is 0.381. The van der Waals surface area contributed by atoms with Crippen LogP contribution in [0.4, 0.5) is 0 Å². The second-order valence-electron chi connectivity index (χ2n) is 7.18. The second kappa shape index (κ2) is 6.28. The smallest absolute Gasteiger partial charge is 0.0974 e. The van der Waals surface area contributed by atoms with E-state index in [-0.39, 0.29) is 0 Å². The lowest BCUT2D eigenvalue weighted by Gasteiger charge is -2.29. The number of hydrogen-bond acceptors (Lipinski definition) is 3. The first-order valence-electron chi connectivity index (χ1n) is 9.27. The summed E-state index contributed by atoms with van der Waals surface area (Å²) >= 11 is 0. The molecule has 4 nitrogen and oxygen atoms in total. The Hall–Kier alpha value is -2.17. The standard InChI is InChI=1S/C21H23N3O/c1-2-8-17-15(5-1)6-3-9-18(17)21-19-14-24(11-10-20(19)22-23-21)13-16-7-4-12-25-16/h1-3,5-6,8-9,16H,4,7,10-14H2,(H,22,23)/t16-/m0/s1. The monoisotopic (exact) mass is 333 g/mol. The van der Waals surface area contributed by atoms with Gasteiger partial charge in [-0.05, 0) is 23.6 Å². The third kappa shape index (κ3) is 2.75. The van der Waals surface area contributed by atoms with Crippen molar-refractivity contribution in [2.24, 2.45) is 0 Å². The van der Waals surface area contributed by atoms with Gasteiger partial charge < -0.3 is 4.74 Å². The van der Waals surface area contributed by atoms with E-state index in [2.05, 4.69) is 52.5 Å². The Morgan fingerprint density at radius 3 is 3.00 bits per heavy atom. The molecule has 1 N–H and O–H groups in total. The molecule has 0 aliphatic carbocycles. The summed E-state index contributed by atoms with van der Waals surface area (Å²) in [5.74, 6) is 0. The predicted molar refractivity (Wildman–Crippen MR) is 99.5 cm³/mol. The summed E-state index contributed by atoms with van der Waals surface area (Å²) in [5, 5.41) is 10.5. The summed E-state index contributed by atoms with van der Waals surface area (Å²) in [6.07, 6.45) is 3.86. The van der Waals surface area contributed by atoms with E-state index in [1.807, 2.05) is 0 Å². The van der Waals surface area contributed by atoms with Crippen molar-refractivity contribution in [3.05, 3.63) is 53.7 Å². The van der Waals surface area contributed by atoms with E-state index < -0.39 is 0 Å². The van der Waals surface area contributed by atoms with E-state index in [0.29, 0.717) is 6.10 Å². The maximum Gasteiger partial charge on any atom is 0.0974 e. The summed E-state index contributed by atoms with van der Waals surface area (Å²) in [6, 6.07) is 15.1. The van der Waals surface area contributed by atoms with E-state index in [1.54, 1.807) is 0 Å². The first-order valence-corrected chi connectivity index (χ1v) is 9.27. The highest BCUT2D eigenvalue weighted by molar-refractivity contribution is 5.96. The van der Waals surface area contributed by atoms with Gasteiger partial charge in [0, 0.05) is 49.5 Å². The number of nitrogens with one attached hydrogen (secondary N) is 1. The molecule has 128 valence electrons. The summed E-state index contributed by atoms with van der Waals surface area (Å²) in [6.45, 7) is 4.02. The number of benzene rings is 2. The van der Waals surface area contributed by atoms with Gasteiger partial charge in [-0.2, -0.15) is 5.10 Å². The third-order valence-corrected chi connectivity index (χ3v) is 5.54. The Bertz CT molecular complexity index is 890. The zero-order chi connectivity index (χ0) is 16.6. The largest absolute Gasteiger partial charge is 0.377 e. The number of fused-ring (bicyclic) bond motifs is 2. The first kappa shape index (κ1) is 15.1. The Morgan fingerprint density at radius 1 is 1.16 bits per heavy atom. The molecule has 1 aromatic heterocycles. The molecule has 1 saturated heterocycles. The van der Waals surface area contributed by atoms with Gasteiger partial charge in [0.25, 0.3) is 0 Å². The van der Waals surface area contributed by atoms with Gasteiger partial charge in [-0.3, -0.25) is 10.00 Å². The Morgan fingerprint density at radius 2 is 2.08 bits per heavy atom. The van der Waals surface area contributed by atoms with E-state index >= 15 is 0 Å². The van der Waals surface area contributed by atoms with Crippen LogP contribution in [0.15, 0.2) is 42.5 Å². The molecule has 0 spiro atoms. The first-order chi connectivity index (χ1) is 12.4. The minimum absolute atomic E-state index is 0.412. The molecule has 0 amide bonds. The molecule has 25 heavy (non-hydrogen) atoms. The molecule has 2 aliphatic heterocycles. The summed E-state index contributed by atoms with van der Waals surface area (Å²) in [4.78, 5) is 2.53. The molecular formula is C21H23N3O. The highest BCUT2D eigenvalue weighted by Gasteiger charge is 2.26. The maximum absolute atomic E-state index is 5.83. The van der Waals surface area contributed by atoms with E-state index in [1.165, 1.54) is 40.4 Å². The molecule has 3 heterocycles. The molecule has 3 aromatic rings. The van der Waals surface area contributed by atoms with Crippen LogP contribution < -0.4 is 0 Å².